The summed E-state index contributed by atoms with van der Waals surface area (Å²) in [6.07, 6.45) is 4.79. The van der Waals surface area contributed by atoms with Crippen molar-refractivity contribution < 1.29 is 0 Å². The number of rotatable bonds is 6. The minimum absolute atomic E-state index is 0. The van der Waals surface area contributed by atoms with E-state index < -0.39 is 0 Å². The number of hydrogen-bond acceptors (Lipinski definition) is 4. The summed E-state index contributed by atoms with van der Waals surface area (Å²) in [5.41, 5.74) is 0. The lowest BCUT2D eigenvalue weighted by Gasteiger charge is -2.24. The Bertz CT molecular complexity index is 334. The molecule has 1 aromatic heterocycles. The van der Waals surface area contributed by atoms with E-state index >= 15 is 0 Å². The summed E-state index contributed by atoms with van der Waals surface area (Å²) in [5, 5.41) is 4.70. The predicted octanol–water partition coefficient (Wildman–Crippen LogP) is 2.30. The minimum Gasteiger partial charge on any atom is -0.310 e. The van der Waals surface area contributed by atoms with Crippen molar-refractivity contribution in [1.82, 2.24) is 15.2 Å². The molecule has 1 fully saturated rings. The Labute approximate surface area is 114 Å². The third-order valence-corrected chi connectivity index (χ3v) is 4.06. The molecule has 0 aliphatic heterocycles. The highest BCUT2D eigenvalue weighted by atomic mass is 35.5. The van der Waals surface area contributed by atoms with Gasteiger partial charge in [-0.1, -0.05) is 0 Å². The van der Waals surface area contributed by atoms with E-state index in [1.807, 2.05) is 6.20 Å². The Kier molecular flexibility index (Phi) is 5.86. The molecular formula is C12H22ClN3S. The smallest absolute Gasteiger partial charge is 0.0897 e. The summed E-state index contributed by atoms with van der Waals surface area (Å²) in [6.45, 7) is 4.11. The number of thiazole rings is 1. The molecule has 1 unspecified atom stereocenters. The van der Waals surface area contributed by atoms with Crippen LogP contribution in [0.4, 0.5) is 0 Å². The lowest BCUT2D eigenvalue weighted by atomic mass is 10.1. The summed E-state index contributed by atoms with van der Waals surface area (Å²) >= 11 is 1.78. The van der Waals surface area contributed by atoms with Gasteiger partial charge in [0, 0.05) is 30.2 Å². The molecule has 0 aromatic carbocycles. The highest BCUT2D eigenvalue weighted by Crippen LogP contribution is 2.34. The maximum absolute atomic E-state index is 4.27. The van der Waals surface area contributed by atoms with Gasteiger partial charge < -0.3 is 10.2 Å². The SMILES string of the molecule is Cc1ncc(CNCC(C2CC2)N(C)C)s1.Cl. The zero-order valence-corrected chi connectivity index (χ0v) is 12.4. The summed E-state index contributed by atoms with van der Waals surface area (Å²) in [4.78, 5) is 7.95. The van der Waals surface area contributed by atoms with Crippen LogP contribution >= 0.6 is 23.7 Å². The molecule has 1 aliphatic rings. The summed E-state index contributed by atoms with van der Waals surface area (Å²) in [6, 6.07) is 0.703. The lowest BCUT2D eigenvalue weighted by molar-refractivity contribution is 0.255. The van der Waals surface area contributed by atoms with Crippen molar-refractivity contribution >= 4 is 23.7 Å². The normalized spacial score (nSPS) is 16.9. The fourth-order valence-corrected chi connectivity index (χ4v) is 2.85. The van der Waals surface area contributed by atoms with E-state index in [2.05, 4.69) is 36.2 Å². The zero-order chi connectivity index (χ0) is 11.5. The van der Waals surface area contributed by atoms with Crippen LogP contribution < -0.4 is 5.32 Å². The number of halogens is 1. The van der Waals surface area contributed by atoms with E-state index in [-0.39, 0.29) is 12.4 Å². The van der Waals surface area contributed by atoms with Crippen LogP contribution in [0.25, 0.3) is 0 Å². The monoisotopic (exact) mass is 275 g/mol. The van der Waals surface area contributed by atoms with E-state index in [9.17, 15) is 0 Å². The second-order valence-electron chi connectivity index (χ2n) is 4.84. The van der Waals surface area contributed by atoms with Gasteiger partial charge in [-0.2, -0.15) is 0 Å². The Morgan fingerprint density at radius 1 is 1.53 bits per heavy atom. The van der Waals surface area contributed by atoms with Gasteiger partial charge in [-0.25, -0.2) is 4.98 Å². The zero-order valence-electron chi connectivity index (χ0n) is 10.8. The maximum atomic E-state index is 4.27. The van der Waals surface area contributed by atoms with Crippen LogP contribution in [0.5, 0.6) is 0 Å². The van der Waals surface area contributed by atoms with Crippen LogP contribution in [-0.4, -0.2) is 36.6 Å². The highest BCUT2D eigenvalue weighted by Gasteiger charge is 2.31. The molecule has 1 aliphatic carbocycles. The third-order valence-electron chi connectivity index (χ3n) is 3.15. The molecule has 1 saturated carbocycles. The Hall–Kier alpha value is -0.160. The number of nitrogens with one attached hydrogen (secondary N) is 1. The molecule has 0 saturated heterocycles. The standard InChI is InChI=1S/C12H21N3S.ClH/c1-9-14-7-11(16-9)6-13-8-12(15(2)3)10-4-5-10;/h7,10,12-13H,4-6,8H2,1-3H3;1H. The molecule has 1 heterocycles. The summed E-state index contributed by atoms with van der Waals surface area (Å²) in [7, 11) is 4.36. The Balaban J connectivity index is 0.00000144. The predicted molar refractivity (Wildman–Crippen MR) is 76.0 cm³/mol. The average molecular weight is 276 g/mol. The Morgan fingerprint density at radius 3 is 2.71 bits per heavy atom. The molecule has 2 rings (SSSR count). The number of likely N-dealkylation sites (N-methyl/N-ethyl adjacent to an activating group) is 1. The van der Waals surface area contributed by atoms with Crippen molar-refractivity contribution in [3.63, 3.8) is 0 Å². The van der Waals surface area contributed by atoms with Crippen LogP contribution in [0.1, 0.15) is 22.7 Å². The van der Waals surface area contributed by atoms with Gasteiger partial charge in [0.25, 0.3) is 0 Å². The molecule has 98 valence electrons. The van der Waals surface area contributed by atoms with Crippen molar-refractivity contribution in [1.29, 1.82) is 0 Å². The first kappa shape index (κ1) is 14.9. The van der Waals surface area contributed by atoms with Crippen molar-refractivity contribution in [2.24, 2.45) is 5.92 Å². The first-order valence-electron chi connectivity index (χ1n) is 5.95. The summed E-state index contributed by atoms with van der Waals surface area (Å²) in [5.74, 6) is 0.922. The molecule has 0 radical (unpaired) electrons. The van der Waals surface area contributed by atoms with E-state index in [0.29, 0.717) is 6.04 Å². The Morgan fingerprint density at radius 2 is 2.24 bits per heavy atom. The molecule has 1 N–H and O–H groups in total. The van der Waals surface area contributed by atoms with Crippen molar-refractivity contribution in [3.05, 3.63) is 16.1 Å². The molecule has 3 nitrogen and oxygen atoms in total. The second kappa shape index (κ2) is 6.69. The number of nitrogens with zero attached hydrogens (tertiary/aromatic N) is 2. The van der Waals surface area contributed by atoms with E-state index in [0.717, 1.165) is 24.0 Å². The third kappa shape index (κ3) is 4.54. The number of aromatic nitrogens is 1. The van der Waals surface area contributed by atoms with Crippen LogP contribution in [0, 0.1) is 12.8 Å². The van der Waals surface area contributed by atoms with Crippen molar-refractivity contribution in [3.8, 4) is 0 Å². The minimum atomic E-state index is 0. The van der Waals surface area contributed by atoms with E-state index in [1.165, 1.54) is 17.7 Å². The van der Waals surface area contributed by atoms with Crippen molar-refractivity contribution in [2.45, 2.75) is 32.4 Å². The maximum Gasteiger partial charge on any atom is 0.0897 e. The van der Waals surface area contributed by atoms with Gasteiger partial charge in [0.05, 0.1) is 5.01 Å². The fourth-order valence-electron chi connectivity index (χ4n) is 2.08. The molecule has 17 heavy (non-hydrogen) atoms. The molecule has 1 aromatic rings. The molecule has 0 spiro atoms. The van der Waals surface area contributed by atoms with Crippen LogP contribution in [0.2, 0.25) is 0 Å². The fraction of sp³-hybridized carbons (Fsp3) is 0.750. The van der Waals surface area contributed by atoms with Gasteiger partial charge >= 0.3 is 0 Å². The van der Waals surface area contributed by atoms with Gasteiger partial charge in [0.15, 0.2) is 0 Å². The van der Waals surface area contributed by atoms with Crippen LogP contribution in [0.15, 0.2) is 6.20 Å². The number of hydrogen-bond donors (Lipinski definition) is 1. The van der Waals surface area contributed by atoms with Gasteiger partial charge in [-0.05, 0) is 39.8 Å². The molecule has 5 heteroatoms. The van der Waals surface area contributed by atoms with Crippen LogP contribution in [-0.2, 0) is 6.54 Å². The molecule has 1 atom stereocenters. The van der Waals surface area contributed by atoms with Crippen molar-refractivity contribution in [2.75, 3.05) is 20.6 Å². The van der Waals surface area contributed by atoms with Gasteiger partial charge in [0.1, 0.15) is 0 Å². The quantitative estimate of drug-likeness (QED) is 0.864. The lowest BCUT2D eigenvalue weighted by Crippen LogP contribution is -2.39. The second-order valence-corrected chi connectivity index (χ2v) is 6.16. The van der Waals surface area contributed by atoms with Crippen LogP contribution in [0.3, 0.4) is 0 Å². The molecule has 0 bridgehead atoms. The van der Waals surface area contributed by atoms with Gasteiger partial charge in [-0.15, -0.1) is 23.7 Å². The summed E-state index contributed by atoms with van der Waals surface area (Å²) < 4.78 is 0. The van der Waals surface area contributed by atoms with Gasteiger partial charge in [-0.3, -0.25) is 0 Å². The average Bonchev–Trinajstić information content (AvgIpc) is 2.97. The van der Waals surface area contributed by atoms with Gasteiger partial charge in [0.2, 0.25) is 0 Å². The first-order valence-corrected chi connectivity index (χ1v) is 6.77. The first-order chi connectivity index (χ1) is 7.66. The van der Waals surface area contributed by atoms with E-state index in [4.69, 9.17) is 0 Å². The molecular weight excluding hydrogens is 254 g/mol. The largest absolute Gasteiger partial charge is 0.310 e. The topological polar surface area (TPSA) is 28.2 Å². The number of aryl methyl sites for hydroxylation is 1. The highest BCUT2D eigenvalue weighted by molar-refractivity contribution is 7.11. The van der Waals surface area contributed by atoms with E-state index in [1.54, 1.807) is 11.3 Å². The molecule has 0 amide bonds.